The molecule has 0 saturated carbocycles. The first-order valence-electron chi connectivity index (χ1n) is 5.56. The summed E-state index contributed by atoms with van der Waals surface area (Å²) in [5.41, 5.74) is 5.66. The summed E-state index contributed by atoms with van der Waals surface area (Å²) < 4.78 is 1.82. The van der Waals surface area contributed by atoms with Gasteiger partial charge in [-0.25, -0.2) is 0 Å². The zero-order valence-corrected chi connectivity index (χ0v) is 10.8. The number of amides is 2. The van der Waals surface area contributed by atoms with Crippen LogP contribution in [-0.4, -0.2) is 34.1 Å². The number of primary amides is 1. The molecule has 0 bridgehead atoms. The van der Waals surface area contributed by atoms with Crippen LogP contribution >= 0.6 is 11.3 Å². The summed E-state index contributed by atoms with van der Waals surface area (Å²) in [6, 6.07) is 5.54. The molecule has 0 aliphatic heterocycles. The maximum absolute atomic E-state index is 12.0. The lowest BCUT2D eigenvalue weighted by atomic mass is 10.3. The highest BCUT2D eigenvalue weighted by Gasteiger charge is 2.17. The van der Waals surface area contributed by atoms with E-state index in [4.69, 9.17) is 5.73 Å². The number of nitrogens with zero attached hydrogens (tertiary/aromatic N) is 1. The Balaban J connectivity index is 2.08. The number of aromatic nitrogens is 1. The van der Waals surface area contributed by atoms with Gasteiger partial charge >= 0.3 is 0 Å². The molecule has 100 valence electrons. The van der Waals surface area contributed by atoms with Crippen molar-refractivity contribution in [3.8, 4) is 5.69 Å². The van der Waals surface area contributed by atoms with E-state index in [1.54, 1.807) is 5.38 Å². The van der Waals surface area contributed by atoms with Gasteiger partial charge in [-0.3, -0.25) is 9.59 Å². The van der Waals surface area contributed by atoms with Crippen molar-refractivity contribution in [2.75, 3.05) is 6.54 Å². The molecular formula is C12H13N3O3S. The second-order valence-electron chi connectivity index (χ2n) is 3.85. The number of thiophene rings is 1. The van der Waals surface area contributed by atoms with Gasteiger partial charge in [0.1, 0.15) is 11.0 Å². The first kappa shape index (κ1) is 13.3. The Morgan fingerprint density at radius 2 is 2.11 bits per heavy atom. The van der Waals surface area contributed by atoms with Crippen LogP contribution in [-0.2, 0) is 4.79 Å². The molecule has 1 atom stereocenters. The van der Waals surface area contributed by atoms with Crippen molar-refractivity contribution in [1.29, 1.82) is 0 Å². The molecule has 7 heteroatoms. The maximum Gasteiger partial charge on any atom is 0.263 e. The summed E-state index contributed by atoms with van der Waals surface area (Å²) in [4.78, 5) is 23.2. The summed E-state index contributed by atoms with van der Waals surface area (Å²) in [5, 5.41) is 13.5. The van der Waals surface area contributed by atoms with E-state index in [-0.39, 0.29) is 12.5 Å². The maximum atomic E-state index is 12.0. The van der Waals surface area contributed by atoms with E-state index >= 15 is 0 Å². The number of hydrogen-bond acceptors (Lipinski definition) is 4. The molecule has 0 fully saturated rings. The highest BCUT2D eigenvalue weighted by molar-refractivity contribution is 7.12. The molecule has 0 aliphatic rings. The average molecular weight is 279 g/mol. The van der Waals surface area contributed by atoms with Gasteiger partial charge in [-0.05, 0) is 23.6 Å². The molecule has 2 amide bonds. The Labute approximate surface area is 113 Å². The van der Waals surface area contributed by atoms with E-state index in [0.29, 0.717) is 4.88 Å². The van der Waals surface area contributed by atoms with Crippen LogP contribution in [0.1, 0.15) is 9.67 Å². The second kappa shape index (κ2) is 5.68. The normalized spacial score (nSPS) is 12.1. The van der Waals surface area contributed by atoms with E-state index in [9.17, 15) is 14.7 Å². The predicted molar refractivity (Wildman–Crippen MR) is 71.2 cm³/mol. The fraction of sp³-hybridized carbons (Fsp3) is 0.167. The fourth-order valence-corrected chi connectivity index (χ4v) is 2.35. The molecule has 19 heavy (non-hydrogen) atoms. The first-order chi connectivity index (χ1) is 9.09. The van der Waals surface area contributed by atoms with Gasteiger partial charge in [-0.15, -0.1) is 11.3 Å². The van der Waals surface area contributed by atoms with E-state index < -0.39 is 12.0 Å². The molecule has 2 heterocycles. The van der Waals surface area contributed by atoms with E-state index in [1.165, 1.54) is 11.3 Å². The molecule has 2 aromatic rings. The van der Waals surface area contributed by atoms with Gasteiger partial charge in [0.05, 0.1) is 12.2 Å². The van der Waals surface area contributed by atoms with E-state index in [2.05, 4.69) is 5.32 Å². The number of nitrogens with one attached hydrogen (secondary N) is 1. The number of carbonyl (C=O) groups excluding carboxylic acids is 2. The van der Waals surface area contributed by atoms with Crippen molar-refractivity contribution in [1.82, 2.24) is 9.88 Å². The second-order valence-corrected chi connectivity index (χ2v) is 4.77. The fourth-order valence-electron chi connectivity index (χ4n) is 1.54. The summed E-state index contributed by atoms with van der Waals surface area (Å²) in [6.45, 7) is -0.197. The Morgan fingerprint density at radius 3 is 2.74 bits per heavy atom. The predicted octanol–water partition coefficient (Wildman–Crippen LogP) is 0.115. The zero-order chi connectivity index (χ0) is 13.8. The standard InChI is InChI=1S/C12H13N3O3S/c13-11(17)9(16)7-14-12(18)10-8(3-6-19-10)15-4-1-2-5-15/h1-6,9,16H,7H2,(H2,13,17)(H,14,18). The van der Waals surface area contributed by atoms with Crippen molar-refractivity contribution in [3.63, 3.8) is 0 Å². The highest BCUT2D eigenvalue weighted by atomic mass is 32.1. The summed E-state index contributed by atoms with van der Waals surface area (Å²) in [5.74, 6) is -1.21. The van der Waals surface area contributed by atoms with Crippen LogP contribution in [0.2, 0.25) is 0 Å². The van der Waals surface area contributed by atoms with Gasteiger partial charge in [0, 0.05) is 12.4 Å². The molecule has 1 unspecified atom stereocenters. The first-order valence-corrected chi connectivity index (χ1v) is 6.44. The summed E-state index contributed by atoms with van der Waals surface area (Å²) >= 11 is 1.29. The van der Waals surface area contributed by atoms with Crippen molar-refractivity contribution in [2.24, 2.45) is 5.73 Å². The quantitative estimate of drug-likeness (QED) is 0.725. The van der Waals surface area contributed by atoms with Crippen molar-refractivity contribution >= 4 is 23.2 Å². The van der Waals surface area contributed by atoms with Crippen LogP contribution in [0.15, 0.2) is 36.0 Å². The third-order valence-electron chi connectivity index (χ3n) is 2.52. The van der Waals surface area contributed by atoms with Crippen molar-refractivity contribution < 1.29 is 14.7 Å². The molecule has 6 nitrogen and oxygen atoms in total. The smallest absolute Gasteiger partial charge is 0.263 e. The van der Waals surface area contributed by atoms with E-state index in [1.807, 2.05) is 35.2 Å². The molecule has 0 radical (unpaired) electrons. The minimum atomic E-state index is -1.38. The summed E-state index contributed by atoms with van der Waals surface area (Å²) in [7, 11) is 0. The number of carbonyl (C=O) groups is 2. The van der Waals surface area contributed by atoms with Gasteiger partial charge in [0.2, 0.25) is 5.91 Å². The number of aliphatic hydroxyl groups excluding tert-OH is 1. The largest absolute Gasteiger partial charge is 0.381 e. The Kier molecular flexibility index (Phi) is 3.98. The topological polar surface area (TPSA) is 97.4 Å². The molecule has 0 spiro atoms. The van der Waals surface area contributed by atoms with Crippen LogP contribution in [0, 0.1) is 0 Å². The van der Waals surface area contributed by atoms with Crippen LogP contribution in [0.4, 0.5) is 0 Å². The van der Waals surface area contributed by atoms with Crippen LogP contribution < -0.4 is 11.1 Å². The van der Waals surface area contributed by atoms with Gasteiger partial charge in [0.15, 0.2) is 0 Å². The highest BCUT2D eigenvalue weighted by Crippen LogP contribution is 2.21. The Morgan fingerprint density at radius 1 is 1.42 bits per heavy atom. The molecule has 4 N–H and O–H groups in total. The molecule has 2 aromatic heterocycles. The van der Waals surface area contributed by atoms with Gasteiger partial charge in [0.25, 0.3) is 5.91 Å². The lowest BCUT2D eigenvalue weighted by Crippen LogP contribution is -2.39. The number of aliphatic hydroxyl groups is 1. The van der Waals surface area contributed by atoms with Gasteiger partial charge in [-0.1, -0.05) is 0 Å². The van der Waals surface area contributed by atoms with Crippen LogP contribution in [0.25, 0.3) is 5.69 Å². The number of nitrogens with two attached hydrogens (primary N) is 1. The van der Waals surface area contributed by atoms with E-state index in [0.717, 1.165) is 5.69 Å². The monoisotopic (exact) mass is 279 g/mol. The van der Waals surface area contributed by atoms with Gasteiger partial charge in [-0.2, -0.15) is 0 Å². The number of hydrogen-bond donors (Lipinski definition) is 3. The number of rotatable bonds is 5. The van der Waals surface area contributed by atoms with Crippen molar-refractivity contribution in [3.05, 3.63) is 40.8 Å². The third-order valence-corrected chi connectivity index (χ3v) is 3.42. The SMILES string of the molecule is NC(=O)C(O)CNC(=O)c1sccc1-n1cccc1. The third kappa shape index (κ3) is 3.01. The average Bonchev–Trinajstić information content (AvgIpc) is 3.04. The van der Waals surface area contributed by atoms with Gasteiger partial charge < -0.3 is 20.7 Å². The minimum absolute atomic E-state index is 0.197. The summed E-state index contributed by atoms with van der Waals surface area (Å²) in [6.07, 6.45) is 2.28. The Hall–Kier alpha value is -2.12. The zero-order valence-electron chi connectivity index (χ0n) is 9.95. The Bertz CT molecular complexity index is 577. The van der Waals surface area contributed by atoms with Crippen LogP contribution in [0.3, 0.4) is 0 Å². The molecule has 0 aliphatic carbocycles. The molecule has 2 rings (SSSR count). The molecule has 0 saturated heterocycles. The minimum Gasteiger partial charge on any atom is -0.381 e. The lowest BCUT2D eigenvalue weighted by molar-refractivity contribution is -0.125. The molecular weight excluding hydrogens is 266 g/mol. The lowest BCUT2D eigenvalue weighted by Gasteiger charge is -2.09. The van der Waals surface area contributed by atoms with Crippen LogP contribution in [0.5, 0.6) is 0 Å². The van der Waals surface area contributed by atoms with Crippen molar-refractivity contribution in [2.45, 2.75) is 6.10 Å². The molecule has 0 aromatic carbocycles.